The van der Waals surface area contributed by atoms with Gasteiger partial charge in [-0.25, -0.2) is 4.79 Å². The molecule has 0 bridgehead atoms. The minimum atomic E-state index is -3.13. The largest absolute Gasteiger partial charge is 0.478 e. The van der Waals surface area contributed by atoms with E-state index in [9.17, 15) is 4.79 Å². The van der Waals surface area contributed by atoms with Crippen molar-refractivity contribution >= 4 is 25.0 Å². The van der Waals surface area contributed by atoms with Gasteiger partial charge in [0.05, 0.1) is 5.56 Å². The molecule has 0 radical (unpaired) electrons. The summed E-state index contributed by atoms with van der Waals surface area (Å²) in [5.41, 5.74) is 0.359. The van der Waals surface area contributed by atoms with Gasteiger partial charge in [-0.15, -0.1) is 0 Å². The Bertz CT molecular complexity index is 543. The molecule has 90 valence electrons. The summed E-state index contributed by atoms with van der Waals surface area (Å²) in [6.45, 7) is 0. The number of carboxylic acid groups (broad SMARTS) is 1. The first-order valence-corrected chi connectivity index (χ1v) is 5.95. The summed E-state index contributed by atoms with van der Waals surface area (Å²) in [6, 6.07) is 12.7. The van der Waals surface area contributed by atoms with Gasteiger partial charge >= 0.3 is 14.2 Å². The quantitative estimate of drug-likeness (QED) is 0.675. The molecule has 0 unspecified atom stereocenters. The van der Waals surface area contributed by atoms with Crippen LogP contribution in [0.3, 0.4) is 0 Å². The zero-order valence-electron chi connectivity index (χ0n) is 8.70. The second-order valence-electron chi connectivity index (χ2n) is 3.11. The molecular weight excluding hydrogens is 243 g/mol. The van der Waals surface area contributed by atoms with E-state index < -0.39 is 14.2 Å². The second-order valence-corrected chi connectivity index (χ2v) is 3.68. The van der Waals surface area contributed by atoms with Crippen LogP contribution in [0.25, 0.3) is 10.8 Å². The third kappa shape index (κ3) is 4.00. The lowest BCUT2D eigenvalue weighted by atomic mass is 10.1. The highest BCUT2D eigenvalue weighted by Crippen LogP contribution is 2.17. The van der Waals surface area contributed by atoms with E-state index in [0.29, 0.717) is 5.56 Å². The van der Waals surface area contributed by atoms with E-state index in [1.807, 2.05) is 30.3 Å². The van der Waals surface area contributed by atoms with Crippen LogP contribution in [0.1, 0.15) is 10.4 Å². The Morgan fingerprint density at radius 1 is 1.00 bits per heavy atom. The van der Waals surface area contributed by atoms with Crippen molar-refractivity contribution in [2.45, 2.75) is 0 Å². The molecule has 2 rings (SSSR count). The molecule has 0 spiro atoms. The molecule has 0 aromatic heterocycles. The van der Waals surface area contributed by atoms with Gasteiger partial charge in [-0.05, 0) is 16.8 Å². The van der Waals surface area contributed by atoms with Crippen LogP contribution >= 0.6 is 8.25 Å². The molecule has 0 saturated heterocycles. The molecule has 0 saturated carbocycles. The van der Waals surface area contributed by atoms with E-state index in [0.717, 1.165) is 10.8 Å². The van der Waals surface area contributed by atoms with E-state index in [1.54, 1.807) is 12.1 Å². The number of carboxylic acids is 1. The van der Waals surface area contributed by atoms with Crippen molar-refractivity contribution in [2.24, 2.45) is 0 Å². The predicted molar refractivity (Wildman–Crippen MR) is 64.3 cm³/mol. The Kier molecular flexibility index (Phi) is 4.84. The third-order valence-corrected chi connectivity index (χ3v) is 2.02. The van der Waals surface area contributed by atoms with Gasteiger partial charge in [-0.1, -0.05) is 36.4 Å². The third-order valence-electron chi connectivity index (χ3n) is 2.02. The van der Waals surface area contributed by atoms with Gasteiger partial charge in [0, 0.05) is 0 Å². The van der Waals surface area contributed by atoms with Crippen LogP contribution in [0, 0.1) is 0 Å². The first-order chi connectivity index (χ1) is 8.02. The summed E-state index contributed by atoms with van der Waals surface area (Å²) < 4.78 is 8.74. The van der Waals surface area contributed by atoms with Crippen LogP contribution in [-0.4, -0.2) is 20.9 Å². The Hall–Kier alpha value is -1.68. The van der Waals surface area contributed by atoms with Gasteiger partial charge in [0.1, 0.15) is 0 Å². The lowest BCUT2D eigenvalue weighted by Gasteiger charge is -2.00. The number of carbonyl (C=O) groups is 1. The van der Waals surface area contributed by atoms with E-state index >= 15 is 0 Å². The molecule has 0 aliphatic rings. The summed E-state index contributed by atoms with van der Waals surface area (Å²) in [5.74, 6) is -0.878. The van der Waals surface area contributed by atoms with Crippen molar-refractivity contribution in [1.29, 1.82) is 0 Å². The summed E-state index contributed by atoms with van der Waals surface area (Å²) in [4.78, 5) is 25.1. The highest BCUT2D eigenvalue weighted by atomic mass is 31.1. The highest BCUT2D eigenvalue weighted by molar-refractivity contribution is 7.30. The van der Waals surface area contributed by atoms with E-state index in [2.05, 4.69) is 0 Å². The molecule has 6 heteroatoms. The second kappa shape index (κ2) is 6.15. The molecule has 3 N–H and O–H groups in total. The van der Waals surface area contributed by atoms with Crippen LogP contribution in [0.2, 0.25) is 0 Å². The SMILES string of the molecule is O=C(O)c1cccc2ccccc12.O=[PH](O)O. The molecule has 0 aliphatic heterocycles. The lowest BCUT2D eigenvalue weighted by Crippen LogP contribution is -1.96. The Labute approximate surface area is 97.9 Å². The fourth-order valence-corrected chi connectivity index (χ4v) is 1.41. The molecule has 2 aromatic rings. The number of rotatable bonds is 1. The molecule has 2 aromatic carbocycles. The molecule has 5 nitrogen and oxygen atoms in total. The summed E-state index contributed by atoms with van der Waals surface area (Å²) in [6.07, 6.45) is 0. The van der Waals surface area contributed by atoms with Gasteiger partial charge in [-0.3, -0.25) is 4.57 Å². The maximum absolute atomic E-state index is 10.8. The zero-order chi connectivity index (χ0) is 12.8. The monoisotopic (exact) mass is 254 g/mol. The molecule has 0 aliphatic carbocycles. The van der Waals surface area contributed by atoms with Crippen LogP contribution in [0.5, 0.6) is 0 Å². The molecule has 17 heavy (non-hydrogen) atoms. The summed E-state index contributed by atoms with van der Waals surface area (Å²) >= 11 is 0. The Balaban J connectivity index is 0.000000317. The fourth-order valence-electron chi connectivity index (χ4n) is 1.41. The minimum Gasteiger partial charge on any atom is -0.478 e. The smallest absolute Gasteiger partial charge is 0.336 e. The zero-order valence-corrected chi connectivity index (χ0v) is 9.70. The maximum Gasteiger partial charge on any atom is 0.336 e. The van der Waals surface area contributed by atoms with Crippen LogP contribution in [0.4, 0.5) is 0 Å². The normalized spacial score (nSPS) is 9.82. The van der Waals surface area contributed by atoms with Crippen molar-refractivity contribution in [3.8, 4) is 0 Å². The minimum absolute atomic E-state index is 0.359. The molecule has 0 fully saturated rings. The van der Waals surface area contributed by atoms with Gasteiger partial charge in [0.15, 0.2) is 0 Å². The number of fused-ring (bicyclic) bond motifs is 1. The fraction of sp³-hybridized carbons (Fsp3) is 0. The van der Waals surface area contributed by atoms with Crippen LogP contribution in [0.15, 0.2) is 42.5 Å². The van der Waals surface area contributed by atoms with Gasteiger partial charge in [0.25, 0.3) is 0 Å². The van der Waals surface area contributed by atoms with E-state index in [-0.39, 0.29) is 0 Å². The number of hydrogen-bond donors (Lipinski definition) is 3. The number of aromatic carboxylic acids is 1. The van der Waals surface area contributed by atoms with Crippen molar-refractivity contribution < 1.29 is 24.3 Å². The van der Waals surface area contributed by atoms with Gasteiger partial charge < -0.3 is 14.9 Å². The summed E-state index contributed by atoms with van der Waals surface area (Å²) in [5, 5.41) is 10.6. The van der Waals surface area contributed by atoms with Gasteiger partial charge in [-0.2, -0.15) is 0 Å². The van der Waals surface area contributed by atoms with Crippen molar-refractivity contribution in [1.82, 2.24) is 0 Å². The lowest BCUT2D eigenvalue weighted by molar-refractivity contribution is 0.0699. The molecule has 0 atom stereocenters. The Morgan fingerprint density at radius 3 is 2.12 bits per heavy atom. The van der Waals surface area contributed by atoms with Crippen molar-refractivity contribution in [3.63, 3.8) is 0 Å². The standard InChI is InChI=1S/C11H8O2.H3O3P/c12-11(13)10-7-3-5-8-4-1-2-6-9(8)10;1-4(2)3/h1-7H,(H,12,13);4H,(H2,1,2,3). The van der Waals surface area contributed by atoms with Gasteiger partial charge in [0.2, 0.25) is 0 Å². The Morgan fingerprint density at radius 2 is 1.53 bits per heavy atom. The first kappa shape index (κ1) is 13.4. The molecule has 0 amide bonds. The summed E-state index contributed by atoms with van der Waals surface area (Å²) in [7, 11) is -3.13. The van der Waals surface area contributed by atoms with Crippen LogP contribution in [-0.2, 0) is 4.57 Å². The van der Waals surface area contributed by atoms with Crippen molar-refractivity contribution in [2.75, 3.05) is 0 Å². The topological polar surface area (TPSA) is 94.8 Å². The average molecular weight is 254 g/mol. The number of hydrogen-bond acceptors (Lipinski definition) is 2. The average Bonchev–Trinajstić information content (AvgIpc) is 2.27. The first-order valence-electron chi connectivity index (χ1n) is 4.65. The van der Waals surface area contributed by atoms with E-state index in [4.69, 9.17) is 19.5 Å². The molecular formula is C11H11O5P. The molecule has 0 heterocycles. The maximum atomic E-state index is 10.8. The van der Waals surface area contributed by atoms with Crippen molar-refractivity contribution in [3.05, 3.63) is 48.0 Å². The highest BCUT2D eigenvalue weighted by Gasteiger charge is 2.05. The predicted octanol–water partition coefficient (Wildman–Crippen LogP) is 1.90. The van der Waals surface area contributed by atoms with E-state index in [1.165, 1.54) is 0 Å². The van der Waals surface area contributed by atoms with Crippen LogP contribution < -0.4 is 0 Å². The number of benzene rings is 2.